The van der Waals surface area contributed by atoms with Crippen molar-refractivity contribution >= 4 is 74.6 Å². The van der Waals surface area contributed by atoms with Gasteiger partial charge in [0.1, 0.15) is 70.9 Å². The van der Waals surface area contributed by atoms with Gasteiger partial charge >= 0.3 is 23.1 Å². The summed E-state index contributed by atoms with van der Waals surface area (Å²) in [5.41, 5.74) is 1.29. The number of hydrogen-bond donors (Lipinski definition) is 1. The summed E-state index contributed by atoms with van der Waals surface area (Å²) in [6.07, 6.45) is 5.45. The Kier molecular flexibility index (Phi) is 14.7. The van der Waals surface area contributed by atoms with Gasteiger partial charge in [0.2, 0.25) is 0 Å². The van der Waals surface area contributed by atoms with Crippen molar-refractivity contribution in [2.45, 2.75) is 114 Å². The van der Waals surface area contributed by atoms with E-state index >= 15 is 0 Å². The van der Waals surface area contributed by atoms with Crippen LogP contribution in [-0.2, 0) is 38.0 Å². The van der Waals surface area contributed by atoms with Crippen LogP contribution >= 0.6 is 23.2 Å². The fourth-order valence-electron chi connectivity index (χ4n) is 6.96. The predicted octanol–water partition coefficient (Wildman–Crippen LogP) is 1.45. The number of rotatable bonds is 4. The molecular weight excluding hydrogens is 812 g/mol. The smallest absolute Gasteiger partial charge is 1.00 e. The summed E-state index contributed by atoms with van der Waals surface area (Å²) in [6.45, 7) is 11.0. The largest absolute Gasteiger partial charge is 2.00 e. The standard InChI is InChI=1S/C15H18ClN3O4.C14H14ClN3O4.C4H8O.CH3.BrH.Mg/c1-7(20)9-10-11(23-15(2,3)22-10)14(21-9)19-5-4-8-12(16)17-6-18-13(8)19;1-14(2)21-9-8(5-19)20-13(10(9)22-14)18-4-3-7-11(15)16-6-17-12(7)18;1-2-4-5-3-1;;;/h4-7,9-11,14,20H,1-3H3;3-6,8-10,13H,1-2H3;1-4H2;1H3;1H;/q;;;-1;;+2/p-1/t7?,9-,10-,11-,14-;8-,9-,10-,13-;;;;/m11..../s1. The number of ether oxygens (including phenoxy) is 7. The first kappa shape index (κ1) is 44.1. The van der Waals surface area contributed by atoms with Gasteiger partial charge in [-0.05, 0) is 59.6 Å². The predicted molar refractivity (Wildman–Crippen MR) is 191 cm³/mol. The van der Waals surface area contributed by atoms with Crippen LogP contribution in [0.25, 0.3) is 22.1 Å². The number of fused-ring (bicyclic) bond motifs is 4. The number of carbonyl (C=O) groups excluding carboxylic acids is 1. The molecule has 0 spiro atoms. The van der Waals surface area contributed by atoms with E-state index in [-0.39, 0.29) is 59.7 Å². The molecule has 0 bridgehead atoms. The van der Waals surface area contributed by atoms with E-state index in [9.17, 15) is 9.90 Å². The first-order valence-electron chi connectivity index (χ1n) is 16.5. The maximum Gasteiger partial charge on any atom is 2.00 e. The summed E-state index contributed by atoms with van der Waals surface area (Å²) in [4.78, 5) is 27.8. The van der Waals surface area contributed by atoms with Gasteiger partial charge in [0.15, 0.2) is 30.3 Å². The van der Waals surface area contributed by atoms with E-state index in [2.05, 4.69) is 19.9 Å². The van der Waals surface area contributed by atoms with Crippen molar-refractivity contribution in [2.75, 3.05) is 13.2 Å². The van der Waals surface area contributed by atoms with E-state index in [1.807, 2.05) is 50.6 Å². The summed E-state index contributed by atoms with van der Waals surface area (Å²) in [7, 11) is 0. The quantitative estimate of drug-likeness (QED) is 0.136. The average molecular weight is 855 g/mol. The van der Waals surface area contributed by atoms with Crippen molar-refractivity contribution in [3.8, 4) is 0 Å². The average Bonchev–Trinajstić information content (AvgIpc) is 3.91. The summed E-state index contributed by atoms with van der Waals surface area (Å²) < 4.78 is 44.1. The van der Waals surface area contributed by atoms with Crippen LogP contribution in [0, 0.1) is 7.43 Å². The number of hydrogen-bond acceptors (Lipinski definition) is 13. The van der Waals surface area contributed by atoms with Crippen molar-refractivity contribution in [1.29, 1.82) is 0 Å². The Bertz CT molecular complexity index is 1840. The second-order valence-corrected chi connectivity index (χ2v) is 14.3. The maximum atomic E-state index is 11.3. The number of carbonyl (C=O) groups is 1. The Balaban J connectivity index is 0.000000199. The minimum absolute atomic E-state index is 0. The van der Waals surface area contributed by atoms with Crippen LogP contribution < -0.4 is 17.0 Å². The third-order valence-corrected chi connectivity index (χ3v) is 9.64. The van der Waals surface area contributed by atoms with Gasteiger partial charge < -0.3 is 76.6 Å². The molecule has 19 heteroatoms. The molecule has 15 nitrogen and oxygen atoms in total. The monoisotopic (exact) mass is 852 g/mol. The van der Waals surface area contributed by atoms with E-state index in [0.717, 1.165) is 30.3 Å². The van der Waals surface area contributed by atoms with Crippen molar-refractivity contribution in [3.63, 3.8) is 0 Å². The van der Waals surface area contributed by atoms with Crippen LogP contribution in [0.4, 0.5) is 0 Å². The molecule has 0 aromatic carbocycles. The fraction of sp³-hybridized carbons (Fsp3) is 0.588. The van der Waals surface area contributed by atoms with Gasteiger partial charge in [-0.25, -0.2) is 19.9 Å². The van der Waals surface area contributed by atoms with Crippen molar-refractivity contribution in [1.82, 2.24) is 29.1 Å². The van der Waals surface area contributed by atoms with Crippen LogP contribution in [-0.4, -0.2) is 131 Å². The fourth-order valence-corrected chi connectivity index (χ4v) is 7.34. The molecule has 9 rings (SSSR count). The molecule has 286 valence electrons. The summed E-state index contributed by atoms with van der Waals surface area (Å²) in [6, 6.07) is 3.65. The zero-order valence-electron chi connectivity index (χ0n) is 30.3. The van der Waals surface area contributed by atoms with Crippen LogP contribution in [0.3, 0.4) is 0 Å². The zero-order chi connectivity index (χ0) is 35.4. The molecule has 0 saturated carbocycles. The van der Waals surface area contributed by atoms with Gasteiger partial charge in [0, 0.05) is 25.6 Å². The molecule has 0 radical (unpaired) electrons. The first-order valence-corrected chi connectivity index (χ1v) is 17.3. The molecule has 9 atom stereocenters. The van der Waals surface area contributed by atoms with Crippen molar-refractivity contribution in [2.24, 2.45) is 0 Å². The van der Waals surface area contributed by atoms with Crippen molar-refractivity contribution < 1.29 is 60.0 Å². The molecule has 4 aromatic rings. The Hall–Kier alpha value is -1.58. The van der Waals surface area contributed by atoms with E-state index < -0.39 is 54.5 Å². The number of aliphatic hydroxyl groups excluding tert-OH is 1. The van der Waals surface area contributed by atoms with Crippen molar-refractivity contribution in [3.05, 3.63) is 54.9 Å². The third-order valence-electron chi connectivity index (χ3n) is 9.04. The Morgan fingerprint density at radius 2 is 1.25 bits per heavy atom. The maximum absolute atomic E-state index is 11.3. The van der Waals surface area contributed by atoms with Crippen LogP contribution in [0.15, 0.2) is 37.2 Å². The molecule has 1 unspecified atom stereocenters. The molecular formula is C34H43BrCl2MgN6O9. The number of aldehydes is 1. The van der Waals surface area contributed by atoms with Gasteiger partial charge in [0.05, 0.1) is 16.9 Å². The van der Waals surface area contributed by atoms with Gasteiger partial charge in [-0.1, -0.05) is 23.2 Å². The van der Waals surface area contributed by atoms with E-state index in [4.69, 9.17) is 56.4 Å². The van der Waals surface area contributed by atoms with Gasteiger partial charge in [-0.2, -0.15) is 0 Å². The third kappa shape index (κ3) is 8.87. The van der Waals surface area contributed by atoms with E-state index in [1.54, 1.807) is 17.7 Å². The molecule has 9 heterocycles. The molecule has 5 aliphatic rings. The number of nitrogens with zero attached hydrogens (tertiary/aromatic N) is 6. The van der Waals surface area contributed by atoms with E-state index in [0.29, 0.717) is 21.6 Å². The Labute approximate surface area is 344 Å². The topological polar surface area (TPSA) is 163 Å². The summed E-state index contributed by atoms with van der Waals surface area (Å²) in [5, 5.41) is 12.2. The van der Waals surface area contributed by atoms with Crippen LogP contribution in [0.5, 0.6) is 0 Å². The van der Waals surface area contributed by atoms with Crippen LogP contribution in [0.2, 0.25) is 10.3 Å². The second-order valence-electron chi connectivity index (χ2n) is 13.6. The summed E-state index contributed by atoms with van der Waals surface area (Å²) in [5.74, 6) is -1.48. The molecule has 0 aliphatic carbocycles. The molecule has 5 fully saturated rings. The minimum atomic E-state index is -0.756. The Morgan fingerprint density at radius 3 is 1.70 bits per heavy atom. The molecule has 5 aliphatic heterocycles. The summed E-state index contributed by atoms with van der Waals surface area (Å²) >= 11 is 12.2. The second kappa shape index (κ2) is 17.7. The van der Waals surface area contributed by atoms with Gasteiger partial charge in [-0.15, -0.1) is 0 Å². The number of aromatic nitrogens is 6. The molecule has 5 saturated heterocycles. The first-order chi connectivity index (χ1) is 23.9. The van der Waals surface area contributed by atoms with Gasteiger partial charge in [-0.3, -0.25) is 0 Å². The van der Waals surface area contributed by atoms with Gasteiger partial charge in [0.25, 0.3) is 0 Å². The van der Waals surface area contributed by atoms with Crippen LogP contribution in [0.1, 0.15) is 59.9 Å². The Morgan fingerprint density at radius 1 is 0.792 bits per heavy atom. The SMILES string of the molecule is C1CCOC1.CC(O)[C@H]1O[C@@H](n2ccc3c(Cl)ncnc32)[C@@H]2OC(C)(C)O[C@@H]21.CC1(C)O[C@@H]2[C@H](O1)[C@@H](C=O)O[C@H]2n1ccc2c(Cl)ncnc21.[Br-].[CH3-].[Mg+2]. The van der Waals surface area contributed by atoms with E-state index in [1.165, 1.54) is 25.5 Å². The number of aliphatic hydroxyl groups is 1. The molecule has 1 N–H and O–H groups in total. The molecule has 4 aromatic heterocycles. The number of halogens is 3. The minimum Gasteiger partial charge on any atom is -1.00 e. The molecule has 53 heavy (non-hydrogen) atoms. The molecule has 0 amide bonds. The normalized spacial score (nSPS) is 30.8. The zero-order valence-corrected chi connectivity index (χ0v) is 34.8.